The Morgan fingerprint density at radius 3 is 3.00 bits per heavy atom. The highest BCUT2D eigenvalue weighted by Gasteiger charge is 2.08. The van der Waals surface area contributed by atoms with Gasteiger partial charge in [0, 0.05) is 5.57 Å². The Kier molecular flexibility index (Phi) is 2.18. The molecule has 4 heteroatoms. The summed E-state index contributed by atoms with van der Waals surface area (Å²) in [4.78, 5) is 4.11. The van der Waals surface area contributed by atoms with Gasteiger partial charge in [-0.3, -0.25) is 0 Å². The Morgan fingerprint density at radius 2 is 2.29 bits per heavy atom. The summed E-state index contributed by atoms with van der Waals surface area (Å²) in [7, 11) is 0. The minimum atomic E-state index is 0.233. The molecule has 14 heavy (non-hydrogen) atoms. The zero-order chi connectivity index (χ0) is 9.97. The minimum absolute atomic E-state index is 0.233. The SMILES string of the molecule is Cc1noc(C2=CC=C(O)C=CC2)n1. The highest BCUT2D eigenvalue weighted by atomic mass is 16.5. The lowest BCUT2D eigenvalue weighted by atomic mass is 10.2. The van der Waals surface area contributed by atoms with E-state index in [0.29, 0.717) is 18.1 Å². The van der Waals surface area contributed by atoms with Crippen molar-refractivity contribution in [3.8, 4) is 0 Å². The van der Waals surface area contributed by atoms with E-state index in [1.807, 2.05) is 6.08 Å². The van der Waals surface area contributed by atoms with E-state index in [1.165, 1.54) is 0 Å². The number of aryl methyl sites for hydroxylation is 1. The Labute approximate surface area is 81.3 Å². The van der Waals surface area contributed by atoms with Crippen molar-refractivity contribution in [2.75, 3.05) is 0 Å². The summed E-state index contributed by atoms with van der Waals surface area (Å²) in [6.45, 7) is 1.77. The second kappa shape index (κ2) is 3.49. The van der Waals surface area contributed by atoms with Crippen molar-refractivity contribution >= 4 is 5.57 Å². The average Bonchev–Trinajstić information content (AvgIpc) is 2.46. The fraction of sp³-hybridized carbons (Fsp3) is 0.200. The highest BCUT2D eigenvalue weighted by Crippen LogP contribution is 2.19. The third-order valence-corrected chi connectivity index (χ3v) is 1.88. The Bertz CT molecular complexity index is 427. The van der Waals surface area contributed by atoms with Crippen LogP contribution in [0.5, 0.6) is 0 Å². The van der Waals surface area contributed by atoms with Crippen LogP contribution in [0.1, 0.15) is 18.1 Å². The van der Waals surface area contributed by atoms with Crippen LogP contribution in [-0.2, 0) is 0 Å². The second-order valence-corrected chi connectivity index (χ2v) is 3.04. The molecule has 4 nitrogen and oxygen atoms in total. The van der Waals surface area contributed by atoms with Crippen LogP contribution in [0.4, 0.5) is 0 Å². The van der Waals surface area contributed by atoms with Crippen LogP contribution in [0.2, 0.25) is 0 Å². The van der Waals surface area contributed by atoms with Gasteiger partial charge in [0.2, 0.25) is 0 Å². The van der Waals surface area contributed by atoms with Gasteiger partial charge in [-0.1, -0.05) is 11.2 Å². The lowest BCUT2D eigenvalue weighted by Gasteiger charge is -1.93. The molecule has 2 rings (SSSR count). The van der Waals surface area contributed by atoms with Gasteiger partial charge in [0.15, 0.2) is 5.82 Å². The molecule has 0 radical (unpaired) electrons. The number of hydrogen-bond acceptors (Lipinski definition) is 4. The maximum atomic E-state index is 9.22. The summed E-state index contributed by atoms with van der Waals surface area (Å²) >= 11 is 0. The van der Waals surface area contributed by atoms with Crippen molar-refractivity contribution < 1.29 is 9.63 Å². The Balaban J connectivity index is 2.32. The first-order valence-electron chi connectivity index (χ1n) is 4.33. The minimum Gasteiger partial charge on any atom is -0.508 e. The van der Waals surface area contributed by atoms with Crippen molar-refractivity contribution in [1.82, 2.24) is 10.1 Å². The molecule has 0 saturated heterocycles. The van der Waals surface area contributed by atoms with E-state index < -0.39 is 0 Å². The van der Waals surface area contributed by atoms with Crippen LogP contribution >= 0.6 is 0 Å². The topological polar surface area (TPSA) is 59.2 Å². The van der Waals surface area contributed by atoms with Crippen LogP contribution in [0.15, 0.2) is 34.6 Å². The van der Waals surface area contributed by atoms with Gasteiger partial charge >= 0.3 is 0 Å². The third-order valence-electron chi connectivity index (χ3n) is 1.88. The molecule has 72 valence electrons. The molecule has 0 bridgehead atoms. The molecule has 1 heterocycles. The van der Waals surface area contributed by atoms with Crippen LogP contribution in [0, 0.1) is 6.92 Å². The van der Waals surface area contributed by atoms with Gasteiger partial charge in [-0.15, -0.1) is 0 Å². The summed E-state index contributed by atoms with van der Waals surface area (Å²) in [6, 6.07) is 0. The van der Waals surface area contributed by atoms with E-state index in [0.717, 1.165) is 5.57 Å². The largest absolute Gasteiger partial charge is 0.508 e. The molecular weight excluding hydrogens is 180 g/mol. The van der Waals surface area contributed by atoms with Gasteiger partial charge in [-0.2, -0.15) is 4.98 Å². The summed E-state index contributed by atoms with van der Waals surface area (Å²) in [6.07, 6.45) is 7.57. The van der Waals surface area contributed by atoms with Crippen LogP contribution in [-0.4, -0.2) is 15.2 Å². The molecule has 0 fully saturated rings. The molecule has 1 aromatic rings. The standard InChI is InChI=1S/C10H10N2O2/c1-7-11-10(14-12-7)8-3-2-4-9(13)6-5-8/h2,4-6,13H,3H2,1H3. The number of hydrogen-bond donors (Lipinski definition) is 1. The maximum Gasteiger partial charge on any atom is 0.254 e. The number of aliphatic hydroxyl groups excluding tert-OH is 1. The highest BCUT2D eigenvalue weighted by molar-refractivity contribution is 5.63. The molecule has 0 spiro atoms. The van der Waals surface area contributed by atoms with Crippen molar-refractivity contribution in [1.29, 1.82) is 0 Å². The number of nitrogens with zero attached hydrogens (tertiary/aromatic N) is 2. The lowest BCUT2D eigenvalue weighted by Crippen LogP contribution is -1.82. The number of allylic oxidation sites excluding steroid dienone is 5. The quantitative estimate of drug-likeness (QED) is 0.737. The van der Waals surface area contributed by atoms with E-state index in [-0.39, 0.29) is 5.76 Å². The van der Waals surface area contributed by atoms with E-state index in [1.54, 1.807) is 25.2 Å². The van der Waals surface area contributed by atoms with E-state index in [9.17, 15) is 5.11 Å². The first kappa shape index (κ1) is 8.74. The van der Waals surface area contributed by atoms with Gasteiger partial charge in [-0.25, -0.2) is 0 Å². The zero-order valence-corrected chi connectivity index (χ0v) is 7.77. The summed E-state index contributed by atoms with van der Waals surface area (Å²) in [5.74, 6) is 1.36. The van der Waals surface area contributed by atoms with Crippen molar-refractivity contribution in [2.45, 2.75) is 13.3 Å². The summed E-state index contributed by atoms with van der Waals surface area (Å²) < 4.78 is 5.02. The van der Waals surface area contributed by atoms with E-state index in [2.05, 4.69) is 10.1 Å². The van der Waals surface area contributed by atoms with Gasteiger partial charge < -0.3 is 9.63 Å². The lowest BCUT2D eigenvalue weighted by molar-refractivity contribution is 0.402. The van der Waals surface area contributed by atoms with Gasteiger partial charge in [0.25, 0.3) is 5.89 Å². The van der Waals surface area contributed by atoms with E-state index in [4.69, 9.17) is 4.52 Å². The molecule has 0 atom stereocenters. The number of aliphatic hydroxyl groups is 1. The first-order chi connectivity index (χ1) is 6.75. The third kappa shape index (κ3) is 1.74. The molecule has 0 amide bonds. The fourth-order valence-corrected chi connectivity index (χ4v) is 1.20. The molecule has 1 aliphatic rings. The molecule has 1 aromatic heterocycles. The smallest absolute Gasteiger partial charge is 0.254 e. The van der Waals surface area contributed by atoms with Gasteiger partial charge in [0.1, 0.15) is 5.76 Å². The predicted molar refractivity (Wildman–Crippen MR) is 51.5 cm³/mol. The normalized spacial score (nSPS) is 16.1. The van der Waals surface area contributed by atoms with Crippen molar-refractivity contribution in [2.24, 2.45) is 0 Å². The van der Waals surface area contributed by atoms with Crippen LogP contribution in [0.25, 0.3) is 5.57 Å². The number of aromatic nitrogens is 2. The van der Waals surface area contributed by atoms with Crippen molar-refractivity contribution in [3.05, 3.63) is 41.8 Å². The molecule has 0 aliphatic heterocycles. The van der Waals surface area contributed by atoms with Crippen molar-refractivity contribution in [3.63, 3.8) is 0 Å². The molecule has 0 saturated carbocycles. The Hall–Kier alpha value is -1.84. The fourth-order valence-electron chi connectivity index (χ4n) is 1.20. The summed E-state index contributed by atoms with van der Waals surface area (Å²) in [5, 5.41) is 12.9. The molecular formula is C10H10N2O2. The summed E-state index contributed by atoms with van der Waals surface area (Å²) in [5.41, 5.74) is 0.908. The van der Waals surface area contributed by atoms with Crippen LogP contribution in [0.3, 0.4) is 0 Å². The molecule has 1 aliphatic carbocycles. The van der Waals surface area contributed by atoms with Gasteiger partial charge in [0.05, 0.1) is 0 Å². The first-order valence-corrected chi connectivity index (χ1v) is 4.33. The predicted octanol–water partition coefficient (Wildman–Crippen LogP) is 2.16. The Morgan fingerprint density at radius 1 is 1.43 bits per heavy atom. The molecule has 0 aromatic carbocycles. The second-order valence-electron chi connectivity index (χ2n) is 3.04. The van der Waals surface area contributed by atoms with Crippen LogP contribution < -0.4 is 0 Å². The average molecular weight is 190 g/mol. The molecule has 1 N–H and O–H groups in total. The van der Waals surface area contributed by atoms with E-state index >= 15 is 0 Å². The van der Waals surface area contributed by atoms with Gasteiger partial charge in [-0.05, 0) is 31.6 Å². The maximum absolute atomic E-state index is 9.22. The number of rotatable bonds is 1. The zero-order valence-electron chi connectivity index (χ0n) is 7.77. The molecule has 0 unspecified atom stereocenters. The monoisotopic (exact) mass is 190 g/mol.